The first-order valence-electron chi connectivity index (χ1n) is 8.71. The summed E-state index contributed by atoms with van der Waals surface area (Å²) in [5.41, 5.74) is 0.621. The number of rotatable bonds is 9. The normalized spacial score (nSPS) is 20.1. The summed E-state index contributed by atoms with van der Waals surface area (Å²) in [5, 5.41) is 19.2. The lowest BCUT2D eigenvalue weighted by atomic mass is 10.1. The third-order valence-electron chi connectivity index (χ3n) is 4.31. The van der Waals surface area contributed by atoms with Crippen LogP contribution in [-0.4, -0.2) is 59.4 Å². The Kier molecular flexibility index (Phi) is 6.22. The van der Waals surface area contributed by atoms with Crippen molar-refractivity contribution in [3.8, 4) is 5.75 Å². The van der Waals surface area contributed by atoms with Gasteiger partial charge in [0.05, 0.1) is 0 Å². The van der Waals surface area contributed by atoms with E-state index in [2.05, 4.69) is 10.4 Å². The van der Waals surface area contributed by atoms with E-state index in [0.717, 1.165) is 10.6 Å². The average Bonchev–Trinajstić information content (AvgIpc) is 3.43. The monoisotopic (exact) mass is 393 g/mol. The van der Waals surface area contributed by atoms with Crippen LogP contribution in [0.1, 0.15) is 18.4 Å². The van der Waals surface area contributed by atoms with Gasteiger partial charge in [0.25, 0.3) is 5.91 Å². The number of nitrogens with one attached hydrogen (secondary N) is 1. The Bertz CT molecular complexity index is 720. The Morgan fingerprint density at radius 3 is 2.67 bits per heavy atom. The largest absolute Gasteiger partial charge is 0.484 e. The molecule has 0 radical (unpaired) electrons. The molecule has 27 heavy (non-hydrogen) atoms. The number of carboxylic acids is 1. The van der Waals surface area contributed by atoms with Gasteiger partial charge in [0, 0.05) is 26.5 Å². The molecule has 2 atom stereocenters. The topological polar surface area (TPSA) is 100 Å². The molecule has 1 aliphatic heterocycles. The van der Waals surface area contributed by atoms with E-state index in [1.54, 1.807) is 41.0 Å². The maximum atomic E-state index is 12.1. The summed E-state index contributed by atoms with van der Waals surface area (Å²) in [5.74, 6) is -0.118. The number of aliphatic carboxylic acids is 1. The number of hydrogen-bond donors (Lipinski definition) is 2. The molecule has 3 rings (SSSR count). The third-order valence-corrected chi connectivity index (χ3v) is 5.62. The summed E-state index contributed by atoms with van der Waals surface area (Å²) >= 11 is 1.58. The second-order valence-electron chi connectivity index (χ2n) is 6.52. The molecule has 9 heteroatoms. The lowest BCUT2D eigenvalue weighted by molar-refractivity contribution is -0.148. The number of carbonyl (C=O) groups excluding carboxylic acids is 1. The second-order valence-corrected chi connectivity index (χ2v) is 7.62. The van der Waals surface area contributed by atoms with Crippen LogP contribution >= 0.6 is 11.8 Å². The van der Waals surface area contributed by atoms with Gasteiger partial charge in [-0.3, -0.25) is 9.80 Å². The standard InChI is InChI=1S/C18H23N3O5S/c1-21-18(27-16(20-21)12-5-6-12)19-15(22)10-26-13-7-3-11(4-8-13)9-14(25-2)17(23)24/h3-4,7-8,12,14,18H,5-6,9-10H2,1-2H3,(H,19,22)(H,23,24)/t14-,18?/m0/s1. The molecule has 2 N–H and O–H groups in total. The van der Waals surface area contributed by atoms with E-state index in [-0.39, 0.29) is 24.4 Å². The first kappa shape index (κ1) is 19.5. The number of carboxylic acid groups (broad SMARTS) is 1. The number of nitrogens with zero attached hydrogens (tertiary/aromatic N) is 2. The number of thioether (sulfide) groups is 1. The molecule has 0 aromatic heterocycles. The number of hydrazone groups is 1. The molecule has 1 fully saturated rings. The van der Waals surface area contributed by atoms with Gasteiger partial charge >= 0.3 is 5.97 Å². The SMILES string of the molecule is CO[C@@H](Cc1ccc(OCC(=O)NC2SC(C3CC3)=NN2C)cc1)C(=O)O. The Labute approximate surface area is 161 Å². The third kappa shape index (κ3) is 5.36. The highest BCUT2D eigenvalue weighted by atomic mass is 32.2. The summed E-state index contributed by atoms with van der Waals surface area (Å²) < 4.78 is 10.4. The zero-order valence-corrected chi connectivity index (χ0v) is 16.1. The van der Waals surface area contributed by atoms with Gasteiger partial charge in [-0.2, -0.15) is 5.10 Å². The Balaban J connectivity index is 1.43. The van der Waals surface area contributed by atoms with Crippen LogP contribution in [0.5, 0.6) is 5.75 Å². The molecular formula is C18H23N3O5S. The number of hydrogen-bond acceptors (Lipinski definition) is 7. The van der Waals surface area contributed by atoms with E-state index >= 15 is 0 Å². The number of carbonyl (C=O) groups is 2. The molecule has 0 spiro atoms. The van der Waals surface area contributed by atoms with Gasteiger partial charge in [-0.25, -0.2) is 4.79 Å². The minimum Gasteiger partial charge on any atom is -0.484 e. The molecule has 1 aliphatic carbocycles. The highest BCUT2D eigenvalue weighted by Gasteiger charge is 2.36. The minimum absolute atomic E-state index is 0.0984. The molecule has 0 bridgehead atoms. The highest BCUT2D eigenvalue weighted by Crippen LogP contribution is 2.39. The van der Waals surface area contributed by atoms with E-state index in [0.29, 0.717) is 11.7 Å². The zero-order chi connectivity index (χ0) is 19.4. The number of ether oxygens (including phenoxy) is 2. The maximum absolute atomic E-state index is 12.1. The van der Waals surface area contributed by atoms with Crippen LogP contribution in [0.3, 0.4) is 0 Å². The molecule has 1 unspecified atom stereocenters. The van der Waals surface area contributed by atoms with Gasteiger partial charge < -0.3 is 19.9 Å². The quantitative estimate of drug-likeness (QED) is 0.656. The average molecular weight is 393 g/mol. The van der Waals surface area contributed by atoms with Gasteiger partial charge in [-0.15, -0.1) is 0 Å². The molecule has 1 heterocycles. The van der Waals surface area contributed by atoms with Gasteiger partial charge in [0.1, 0.15) is 10.8 Å². The summed E-state index contributed by atoms with van der Waals surface area (Å²) in [6.45, 7) is -0.0984. The van der Waals surface area contributed by atoms with E-state index in [9.17, 15) is 9.59 Å². The molecule has 146 valence electrons. The summed E-state index contributed by atoms with van der Waals surface area (Å²) in [6, 6.07) is 6.95. The summed E-state index contributed by atoms with van der Waals surface area (Å²) in [4.78, 5) is 23.1. The summed E-state index contributed by atoms with van der Waals surface area (Å²) in [7, 11) is 3.21. The predicted octanol–water partition coefficient (Wildman–Crippen LogP) is 1.51. The zero-order valence-electron chi connectivity index (χ0n) is 15.3. The smallest absolute Gasteiger partial charge is 0.333 e. The van der Waals surface area contributed by atoms with E-state index in [4.69, 9.17) is 14.6 Å². The van der Waals surface area contributed by atoms with Crippen molar-refractivity contribution in [2.45, 2.75) is 30.9 Å². The number of methoxy groups -OCH3 is 1. The van der Waals surface area contributed by atoms with Gasteiger partial charge in [-0.1, -0.05) is 23.9 Å². The lowest BCUT2D eigenvalue weighted by Gasteiger charge is -2.19. The molecule has 1 aromatic rings. The van der Waals surface area contributed by atoms with Crippen LogP contribution in [-0.2, 0) is 20.7 Å². The van der Waals surface area contributed by atoms with Crippen molar-refractivity contribution in [1.82, 2.24) is 10.3 Å². The molecular weight excluding hydrogens is 370 g/mol. The van der Waals surface area contributed by atoms with Crippen LogP contribution in [0.4, 0.5) is 0 Å². The van der Waals surface area contributed by atoms with E-state index < -0.39 is 12.1 Å². The summed E-state index contributed by atoms with van der Waals surface area (Å²) in [6.07, 6.45) is 1.74. The fraction of sp³-hybridized carbons (Fsp3) is 0.500. The van der Waals surface area contributed by atoms with Gasteiger partial charge in [0.2, 0.25) is 0 Å². The van der Waals surface area contributed by atoms with Crippen LogP contribution in [0.15, 0.2) is 29.4 Å². The first-order valence-corrected chi connectivity index (χ1v) is 9.59. The van der Waals surface area contributed by atoms with Crippen molar-refractivity contribution in [2.24, 2.45) is 11.0 Å². The van der Waals surface area contributed by atoms with Crippen molar-refractivity contribution in [1.29, 1.82) is 0 Å². The van der Waals surface area contributed by atoms with Crippen molar-refractivity contribution in [3.05, 3.63) is 29.8 Å². The predicted molar refractivity (Wildman–Crippen MR) is 102 cm³/mol. The van der Waals surface area contributed by atoms with E-state index in [1.807, 2.05) is 7.05 Å². The van der Waals surface area contributed by atoms with Crippen LogP contribution in [0, 0.1) is 5.92 Å². The first-order chi connectivity index (χ1) is 13.0. The Morgan fingerprint density at radius 2 is 2.07 bits per heavy atom. The van der Waals surface area contributed by atoms with Crippen LogP contribution in [0.25, 0.3) is 0 Å². The van der Waals surface area contributed by atoms with Crippen molar-refractivity contribution in [2.75, 3.05) is 20.8 Å². The van der Waals surface area contributed by atoms with Crippen LogP contribution < -0.4 is 10.1 Å². The molecule has 1 saturated carbocycles. The molecule has 0 saturated heterocycles. The maximum Gasteiger partial charge on any atom is 0.333 e. The van der Waals surface area contributed by atoms with Gasteiger partial charge in [-0.05, 0) is 30.5 Å². The lowest BCUT2D eigenvalue weighted by Crippen LogP contribution is -2.41. The molecule has 1 aromatic carbocycles. The Hall–Kier alpha value is -2.26. The molecule has 1 amide bonds. The fourth-order valence-electron chi connectivity index (χ4n) is 2.59. The Morgan fingerprint density at radius 1 is 1.37 bits per heavy atom. The number of benzene rings is 1. The fourth-order valence-corrected chi connectivity index (χ4v) is 3.81. The minimum atomic E-state index is -1.00. The molecule has 8 nitrogen and oxygen atoms in total. The number of amides is 1. The van der Waals surface area contributed by atoms with Gasteiger partial charge in [0.15, 0.2) is 18.2 Å². The van der Waals surface area contributed by atoms with Crippen molar-refractivity contribution < 1.29 is 24.2 Å². The van der Waals surface area contributed by atoms with E-state index in [1.165, 1.54) is 20.0 Å². The van der Waals surface area contributed by atoms with Crippen molar-refractivity contribution >= 4 is 28.7 Å². The van der Waals surface area contributed by atoms with Crippen molar-refractivity contribution in [3.63, 3.8) is 0 Å². The second kappa shape index (κ2) is 8.62. The highest BCUT2D eigenvalue weighted by molar-refractivity contribution is 8.14. The molecule has 2 aliphatic rings. The van der Waals surface area contributed by atoms with Crippen LogP contribution in [0.2, 0.25) is 0 Å².